The highest BCUT2D eigenvalue weighted by atomic mass is 32.1. The fourth-order valence-corrected chi connectivity index (χ4v) is 5.25. The van der Waals surface area contributed by atoms with Gasteiger partial charge < -0.3 is 9.64 Å². The minimum Gasteiger partial charge on any atom is -0.497 e. The van der Waals surface area contributed by atoms with Gasteiger partial charge in [0.2, 0.25) is 0 Å². The van der Waals surface area contributed by atoms with E-state index < -0.39 is 0 Å². The Balaban J connectivity index is 1.32. The molecule has 0 spiro atoms. The van der Waals surface area contributed by atoms with E-state index in [1.165, 1.54) is 16.1 Å². The molecule has 170 valence electrons. The molecule has 1 aliphatic rings. The zero-order valence-corrected chi connectivity index (χ0v) is 19.6. The van der Waals surface area contributed by atoms with E-state index >= 15 is 0 Å². The summed E-state index contributed by atoms with van der Waals surface area (Å²) in [6.07, 6.45) is 0.904. The number of ether oxygens (including phenoxy) is 1. The van der Waals surface area contributed by atoms with Gasteiger partial charge in [-0.15, -0.1) is 16.4 Å². The predicted octanol–water partition coefficient (Wildman–Crippen LogP) is 3.90. The third-order valence-electron chi connectivity index (χ3n) is 6.19. The Morgan fingerprint density at radius 2 is 1.73 bits per heavy atom. The molecule has 33 heavy (non-hydrogen) atoms. The number of piperazine rings is 1. The minimum absolute atomic E-state index is 0.0637. The van der Waals surface area contributed by atoms with Crippen LogP contribution >= 0.6 is 11.3 Å². The highest BCUT2D eigenvalue weighted by molar-refractivity contribution is 7.10. The van der Waals surface area contributed by atoms with E-state index in [0.29, 0.717) is 0 Å². The number of benzene rings is 2. The molecule has 5 rings (SSSR count). The van der Waals surface area contributed by atoms with Crippen LogP contribution in [0.1, 0.15) is 22.3 Å². The van der Waals surface area contributed by atoms with E-state index in [2.05, 4.69) is 79.2 Å². The maximum Gasteiger partial charge on any atom is 0.173 e. The Kier molecular flexibility index (Phi) is 6.64. The lowest BCUT2D eigenvalue weighted by Gasteiger charge is -2.39. The van der Waals surface area contributed by atoms with Gasteiger partial charge in [0.25, 0.3) is 0 Å². The van der Waals surface area contributed by atoms with Gasteiger partial charge in [0.05, 0.1) is 7.11 Å². The van der Waals surface area contributed by atoms with Crippen LogP contribution in [-0.4, -0.2) is 58.4 Å². The molecule has 1 fully saturated rings. The third kappa shape index (κ3) is 4.91. The van der Waals surface area contributed by atoms with E-state index in [1.54, 1.807) is 18.4 Å². The molecule has 1 saturated heterocycles. The lowest BCUT2D eigenvalue weighted by atomic mass is 10.1. The number of aromatic nitrogens is 4. The van der Waals surface area contributed by atoms with Gasteiger partial charge in [0.15, 0.2) is 5.82 Å². The first-order valence-electron chi connectivity index (χ1n) is 11.3. The zero-order valence-electron chi connectivity index (χ0n) is 18.7. The molecule has 3 heterocycles. The molecule has 7 nitrogen and oxygen atoms in total. The smallest absolute Gasteiger partial charge is 0.173 e. The molecule has 0 aliphatic carbocycles. The van der Waals surface area contributed by atoms with Gasteiger partial charge in [0, 0.05) is 43.3 Å². The summed E-state index contributed by atoms with van der Waals surface area (Å²) in [6.45, 7) is 4.57. The highest BCUT2D eigenvalue weighted by Crippen LogP contribution is 2.32. The number of aryl methyl sites for hydroxylation is 2. The number of hydrogen-bond acceptors (Lipinski definition) is 7. The van der Waals surface area contributed by atoms with Crippen LogP contribution < -0.4 is 9.64 Å². The average molecular weight is 461 g/mol. The van der Waals surface area contributed by atoms with Crippen molar-refractivity contribution in [2.75, 3.05) is 38.2 Å². The SMILES string of the molecule is COc1ccc(N2CCN([C@@H](c3cccs3)c3nnnn3CCc3ccccc3)CC2)cc1. The van der Waals surface area contributed by atoms with E-state index in [1.807, 2.05) is 22.9 Å². The summed E-state index contributed by atoms with van der Waals surface area (Å²) < 4.78 is 7.28. The Morgan fingerprint density at radius 3 is 2.42 bits per heavy atom. The summed E-state index contributed by atoms with van der Waals surface area (Å²) in [5, 5.41) is 15.0. The average Bonchev–Trinajstić information content (AvgIpc) is 3.57. The van der Waals surface area contributed by atoms with Gasteiger partial charge in [-0.1, -0.05) is 36.4 Å². The van der Waals surface area contributed by atoms with Crippen LogP contribution in [-0.2, 0) is 13.0 Å². The molecule has 2 aromatic heterocycles. The van der Waals surface area contributed by atoms with Gasteiger partial charge in [-0.25, -0.2) is 4.68 Å². The third-order valence-corrected chi connectivity index (χ3v) is 7.11. The summed E-state index contributed by atoms with van der Waals surface area (Å²) in [6, 6.07) is 23.2. The first-order chi connectivity index (χ1) is 16.3. The van der Waals surface area contributed by atoms with Crippen molar-refractivity contribution in [1.29, 1.82) is 0 Å². The fourth-order valence-electron chi connectivity index (χ4n) is 4.40. The summed E-state index contributed by atoms with van der Waals surface area (Å²) in [4.78, 5) is 6.22. The molecular formula is C25H28N6OS. The molecule has 0 N–H and O–H groups in total. The monoisotopic (exact) mass is 460 g/mol. The maximum absolute atomic E-state index is 5.30. The summed E-state index contributed by atoms with van der Waals surface area (Å²) in [7, 11) is 1.70. The van der Waals surface area contributed by atoms with Crippen molar-refractivity contribution >= 4 is 17.0 Å². The van der Waals surface area contributed by atoms with Crippen LogP contribution in [0.5, 0.6) is 5.75 Å². The summed E-state index contributed by atoms with van der Waals surface area (Å²) >= 11 is 1.77. The molecule has 1 atom stereocenters. The van der Waals surface area contributed by atoms with Gasteiger partial charge in [-0.2, -0.15) is 0 Å². The maximum atomic E-state index is 5.30. The Bertz CT molecular complexity index is 1120. The fraction of sp³-hybridized carbons (Fsp3) is 0.320. The normalized spacial score (nSPS) is 15.5. The lowest BCUT2D eigenvalue weighted by molar-refractivity contribution is 0.203. The summed E-state index contributed by atoms with van der Waals surface area (Å²) in [5.74, 6) is 1.81. The Labute approximate surface area is 198 Å². The molecule has 8 heteroatoms. The predicted molar refractivity (Wildman–Crippen MR) is 131 cm³/mol. The van der Waals surface area contributed by atoms with Crippen LogP contribution in [0, 0.1) is 0 Å². The molecule has 0 bridgehead atoms. The van der Waals surface area contributed by atoms with Crippen molar-refractivity contribution in [2.24, 2.45) is 0 Å². The van der Waals surface area contributed by atoms with Crippen molar-refractivity contribution in [3.05, 3.63) is 88.4 Å². The molecule has 0 unspecified atom stereocenters. The number of methoxy groups -OCH3 is 1. The number of tetrazole rings is 1. The van der Waals surface area contributed by atoms with E-state index in [4.69, 9.17) is 4.74 Å². The van der Waals surface area contributed by atoms with Crippen LogP contribution in [0.3, 0.4) is 0 Å². The van der Waals surface area contributed by atoms with Crippen molar-refractivity contribution < 1.29 is 4.74 Å². The number of thiophene rings is 1. The van der Waals surface area contributed by atoms with Crippen LogP contribution in [0.2, 0.25) is 0 Å². The van der Waals surface area contributed by atoms with Gasteiger partial charge in [-0.05, 0) is 58.1 Å². The van der Waals surface area contributed by atoms with Gasteiger partial charge in [0.1, 0.15) is 11.8 Å². The quantitative estimate of drug-likeness (QED) is 0.398. The van der Waals surface area contributed by atoms with Crippen molar-refractivity contribution in [1.82, 2.24) is 25.1 Å². The number of nitrogens with zero attached hydrogens (tertiary/aromatic N) is 6. The number of anilines is 1. The molecule has 2 aromatic carbocycles. The first kappa shape index (κ1) is 21.6. The van der Waals surface area contributed by atoms with Crippen LogP contribution in [0.15, 0.2) is 72.1 Å². The van der Waals surface area contributed by atoms with Gasteiger partial charge in [-0.3, -0.25) is 4.90 Å². The van der Waals surface area contributed by atoms with Crippen LogP contribution in [0.25, 0.3) is 0 Å². The second-order valence-corrected chi connectivity index (χ2v) is 9.11. The highest BCUT2D eigenvalue weighted by Gasteiger charge is 2.31. The largest absolute Gasteiger partial charge is 0.497 e. The molecule has 0 saturated carbocycles. The molecule has 0 radical (unpaired) electrons. The first-order valence-corrected chi connectivity index (χ1v) is 12.2. The van der Waals surface area contributed by atoms with E-state index in [0.717, 1.165) is 50.7 Å². The standard InChI is InChI=1S/C25H28N6OS/c1-32-22-11-9-21(10-12-22)29-15-17-30(18-16-29)24(23-8-5-19-33-23)25-26-27-28-31(25)14-13-20-6-3-2-4-7-20/h2-12,19,24H,13-18H2,1H3/t24-/m0/s1. The second-order valence-electron chi connectivity index (χ2n) is 8.13. The van der Waals surface area contributed by atoms with E-state index in [9.17, 15) is 0 Å². The van der Waals surface area contributed by atoms with Gasteiger partial charge >= 0.3 is 0 Å². The number of hydrogen-bond donors (Lipinski definition) is 0. The molecular weight excluding hydrogens is 432 g/mol. The zero-order chi connectivity index (χ0) is 22.5. The lowest BCUT2D eigenvalue weighted by Crippen LogP contribution is -2.48. The minimum atomic E-state index is 0.0637. The van der Waals surface area contributed by atoms with Crippen LogP contribution in [0.4, 0.5) is 5.69 Å². The van der Waals surface area contributed by atoms with E-state index in [-0.39, 0.29) is 6.04 Å². The topological polar surface area (TPSA) is 59.3 Å². The van der Waals surface area contributed by atoms with Crippen molar-refractivity contribution in [3.8, 4) is 5.75 Å². The second kappa shape index (κ2) is 10.1. The molecule has 0 amide bonds. The number of rotatable bonds is 8. The Hall–Kier alpha value is -3.23. The molecule has 1 aliphatic heterocycles. The summed E-state index contributed by atoms with van der Waals surface area (Å²) in [5.41, 5.74) is 2.52. The molecule has 4 aromatic rings. The Morgan fingerprint density at radius 1 is 0.939 bits per heavy atom. The van der Waals surface area contributed by atoms with Crippen molar-refractivity contribution in [2.45, 2.75) is 19.0 Å². The van der Waals surface area contributed by atoms with Crippen molar-refractivity contribution in [3.63, 3.8) is 0 Å².